The van der Waals surface area contributed by atoms with Crippen LogP contribution in [-0.4, -0.2) is 257 Å². The van der Waals surface area contributed by atoms with Gasteiger partial charge in [-0.05, 0) is 141 Å². The molecule has 10 aliphatic rings. The van der Waals surface area contributed by atoms with Crippen molar-refractivity contribution < 1.29 is 163 Å². The zero-order valence-electron chi connectivity index (χ0n) is 60.0. The molecule has 5 heterocycles. The summed E-state index contributed by atoms with van der Waals surface area (Å²) in [7, 11) is 0. The number of carboxylic acid groups (broad SMARTS) is 1. The summed E-state index contributed by atoms with van der Waals surface area (Å²) in [6.45, 7) is 19.0. The van der Waals surface area contributed by atoms with E-state index >= 15 is 4.79 Å². The van der Waals surface area contributed by atoms with Crippen LogP contribution in [0.25, 0.3) is 0 Å². The first kappa shape index (κ1) is 83.1. The Hall–Kier alpha value is -2.42. The zero-order chi connectivity index (χ0) is 74.6. The number of esters is 1. The Bertz CT molecular complexity index is 3340. The van der Waals surface area contributed by atoms with Crippen molar-refractivity contribution in [3.8, 4) is 0 Å². The maximum absolute atomic E-state index is 15.4. The Labute approximate surface area is 631 Å². The van der Waals surface area contributed by atoms with Crippen molar-refractivity contribution in [1.82, 2.24) is 0 Å². The number of carbonyl (C=O) groups excluding carboxylic acids is 2. The molecule has 0 radical (unpaired) electrons. The number of fused-ring (bicyclic) bond motifs is 7. The molecule has 5 aliphatic heterocycles. The second-order valence-corrected chi connectivity index (χ2v) is 33.1. The van der Waals surface area contributed by atoms with E-state index in [9.17, 15) is 81.4 Å². The maximum Gasteiger partial charge on any atom is 1.00 e. The van der Waals surface area contributed by atoms with Crippen molar-refractivity contribution in [3.05, 3.63) is 69.2 Å². The van der Waals surface area contributed by atoms with Crippen LogP contribution < -0.4 is 40.0 Å². The van der Waals surface area contributed by atoms with E-state index in [0.29, 0.717) is 47.1 Å². The van der Waals surface area contributed by atoms with Gasteiger partial charge in [0.05, 0.1) is 65.9 Å². The van der Waals surface area contributed by atoms with E-state index in [2.05, 4.69) is 59.9 Å². The van der Waals surface area contributed by atoms with E-state index < -0.39 is 201 Å². The maximum atomic E-state index is 15.4. The van der Waals surface area contributed by atoms with E-state index in [1.807, 2.05) is 6.92 Å². The van der Waals surface area contributed by atoms with Gasteiger partial charge in [-0.2, -0.15) is 0 Å². The van der Waals surface area contributed by atoms with Gasteiger partial charge in [0.2, 0.25) is 6.29 Å². The Morgan fingerprint density at radius 3 is 1.81 bits per heavy atom. The molecule has 15 N–H and O–H groups in total. The van der Waals surface area contributed by atoms with Crippen LogP contribution in [0.1, 0.15) is 136 Å². The number of hydrogen-bond donors (Lipinski definition) is 15. The number of anilines is 2. The number of halogens is 2. The van der Waals surface area contributed by atoms with Crippen LogP contribution in [0.5, 0.6) is 0 Å². The smallest absolute Gasteiger partial charge is 0.545 e. The summed E-state index contributed by atoms with van der Waals surface area (Å²) in [6.07, 6.45) is -29.2. The van der Waals surface area contributed by atoms with Crippen LogP contribution in [0.3, 0.4) is 0 Å². The van der Waals surface area contributed by atoms with Crippen molar-refractivity contribution in [1.29, 1.82) is 0 Å². The molecular weight excluding hydrogens is 1400 g/mol. The number of hydrogen-bond acceptors (Lipinski definition) is 28. The molecule has 12 rings (SSSR count). The molecule has 0 spiro atoms. The van der Waals surface area contributed by atoms with Crippen LogP contribution in [0, 0.1) is 57.2 Å². The third kappa shape index (κ3) is 15.1. The number of carbonyl (C=O) groups is 2. The van der Waals surface area contributed by atoms with Crippen LogP contribution in [0.2, 0.25) is 10.0 Å². The molecule has 5 saturated heterocycles. The quantitative estimate of drug-likeness (QED) is 0.0443. The summed E-state index contributed by atoms with van der Waals surface area (Å²) in [6, 6.07) is 9.91. The van der Waals surface area contributed by atoms with Gasteiger partial charge in [0.1, 0.15) is 97.0 Å². The van der Waals surface area contributed by atoms with Gasteiger partial charge >= 0.3 is 35.5 Å². The summed E-state index contributed by atoms with van der Waals surface area (Å²) >= 11 is 12.2. The van der Waals surface area contributed by atoms with Gasteiger partial charge in [0.25, 0.3) is 0 Å². The van der Waals surface area contributed by atoms with E-state index in [1.54, 1.807) is 37.3 Å². The van der Waals surface area contributed by atoms with E-state index in [-0.39, 0.29) is 82.7 Å². The van der Waals surface area contributed by atoms with Crippen LogP contribution >= 0.6 is 23.2 Å². The zero-order valence-corrected chi connectivity index (χ0v) is 63.5. The van der Waals surface area contributed by atoms with E-state index in [1.165, 1.54) is 13.0 Å². The summed E-state index contributed by atoms with van der Waals surface area (Å²) in [4.78, 5) is 26.4. The second kappa shape index (κ2) is 31.8. The molecule has 103 heavy (non-hydrogen) atoms. The van der Waals surface area contributed by atoms with Crippen LogP contribution in [0.15, 0.2) is 48.0 Å². The number of aliphatic hydroxyl groups is 14. The second-order valence-electron chi connectivity index (χ2n) is 32.3. The van der Waals surface area contributed by atoms with Crippen molar-refractivity contribution in [2.45, 2.75) is 281 Å². The molecule has 574 valence electrons. The van der Waals surface area contributed by atoms with Crippen molar-refractivity contribution in [3.63, 3.8) is 0 Å². The molecule has 32 unspecified atom stereocenters. The number of aliphatic hydroxyl groups excluding tert-OH is 14. The van der Waals surface area contributed by atoms with Gasteiger partial charge in [-0.1, -0.05) is 108 Å². The molecule has 0 aromatic heterocycles. The minimum Gasteiger partial charge on any atom is -0.545 e. The Morgan fingerprint density at radius 1 is 0.612 bits per heavy atom. The summed E-state index contributed by atoms with van der Waals surface area (Å²) < 4.78 is 59.6. The molecule has 5 aliphatic carbocycles. The SMILES string of the molecule is CC1OC(OC2CCC3(C)C(CCC4(C)C3CC=C3C5CC(C)(C)CCC5(C(=O)OC5OCC(O)C(O)C5OC5OC(C)C(OC6OC(CO)C(O)C(O)C6O)C(O)C5O)C(O)CC34C)C2(C)C)C(O)C(O)C1OC1OCC(O)C(O)C1O.Cc1ccc(Cl)c(Nc2ccccc2C(=O)[O-])c1Cl.[Na+]. The van der Waals surface area contributed by atoms with Crippen LogP contribution in [-0.2, 0) is 52.2 Å². The standard InChI is InChI=1S/C58H94O25.C14H11Cl2NO2.Na/c1-23-44(80-47-40(69)34(63)27(60)21-74-47)38(67)42(71)48(76-23)79-33-13-14-55(7)30(54(33,5)6)12-15-56(8)31(55)11-10-25-26-18-53(3,4)16-17-58(26,32(62)19-57(25,56)9)52(73)83-51-46(35(64)28(61)22-75-51)82-49-43(72)39(68)45(24(2)77-49)81-50-41(70)37(66)36(65)29(20-59)78-50;1-8-6-7-10(15)13(12(8)16)17-11-5-3-2-4-9(11)14(18)19;/h10,23-24,26-51,59-72H,11-22H2,1-9H3;2-7,17H,1H3,(H,18,19);/q;;+1/p-1. The molecule has 9 fully saturated rings. The molecule has 2 aromatic rings. The fourth-order valence-electron chi connectivity index (χ4n) is 19.2. The van der Waals surface area contributed by atoms with E-state index in [4.69, 9.17) is 70.6 Å². The van der Waals surface area contributed by atoms with E-state index in [0.717, 1.165) is 30.4 Å². The number of aromatic carboxylic acids is 1. The van der Waals surface area contributed by atoms with Crippen molar-refractivity contribution >= 4 is 46.5 Å². The molecule has 2 aromatic carbocycles. The average molecular weight is 1510 g/mol. The number of rotatable bonds is 14. The van der Waals surface area contributed by atoms with Crippen molar-refractivity contribution in [2.24, 2.45) is 50.2 Å². The number of carboxylic acids is 1. The number of ether oxygens (including phenoxy) is 10. The first-order chi connectivity index (χ1) is 47.8. The first-order valence-corrected chi connectivity index (χ1v) is 36.2. The number of nitrogens with one attached hydrogen (secondary N) is 1. The fraction of sp³-hybridized carbons (Fsp3) is 0.778. The molecule has 0 bridgehead atoms. The van der Waals surface area contributed by atoms with Gasteiger partial charge in [0, 0.05) is 11.3 Å². The third-order valence-electron chi connectivity index (χ3n) is 25.4. The van der Waals surface area contributed by atoms with Gasteiger partial charge in [0.15, 0.2) is 31.3 Å². The predicted octanol–water partition coefficient (Wildman–Crippen LogP) is -1.49. The normalized spacial score (nSPS) is 46.3. The number of allylic oxidation sites excluding steroid dienone is 2. The first-order valence-electron chi connectivity index (χ1n) is 35.5. The summed E-state index contributed by atoms with van der Waals surface area (Å²) in [5, 5.41) is 167. The number of aryl methyl sites for hydroxylation is 1. The monoisotopic (exact) mass is 1510 g/mol. The van der Waals surface area contributed by atoms with Gasteiger partial charge in [-0.25, -0.2) is 0 Å². The third-order valence-corrected chi connectivity index (χ3v) is 26.2. The number of benzene rings is 2. The van der Waals surface area contributed by atoms with Gasteiger partial charge < -0.3 is 134 Å². The predicted molar refractivity (Wildman–Crippen MR) is 357 cm³/mol. The average Bonchev–Trinajstić information content (AvgIpc) is 0.671. The van der Waals surface area contributed by atoms with Gasteiger partial charge in [-0.3, -0.25) is 4.79 Å². The molecular formula is C72H104Cl2NNaO27. The topological polar surface area (TPSA) is 445 Å². The molecule has 4 saturated carbocycles. The molecule has 32 atom stereocenters. The minimum absolute atomic E-state index is 0. The molecule has 28 nitrogen and oxygen atoms in total. The molecule has 31 heteroatoms. The largest absolute Gasteiger partial charge is 1.00 e. The minimum atomic E-state index is -1.93. The van der Waals surface area contributed by atoms with Gasteiger partial charge in [-0.15, -0.1) is 0 Å². The number of para-hydroxylation sites is 1. The fourth-order valence-corrected chi connectivity index (χ4v) is 19.6. The Kier molecular flexibility index (Phi) is 25.6. The Morgan fingerprint density at radius 2 is 1.17 bits per heavy atom. The van der Waals surface area contributed by atoms with Crippen LogP contribution in [0.4, 0.5) is 11.4 Å². The summed E-state index contributed by atoms with van der Waals surface area (Å²) in [5.74, 6) is -2.26. The molecule has 0 amide bonds. The van der Waals surface area contributed by atoms with Crippen molar-refractivity contribution in [2.75, 3.05) is 25.1 Å². The summed E-state index contributed by atoms with van der Waals surface area (Å²) in [5.41, 5.74) is -0.508. The Balaban J connectivity index is 0.000000493.